The van der Waals surface area contributed by atoms with Gasteiger partial charge in [0, 0.05) is 23.6 Å². The second kappa shape index (κ2) is 8.49. The number of benzene rings is 2. The molecule has 5 nitrogen and oxygen atoms in total. The van der Waals surface area contributed by atoms with E-state index in [1.807, 2.05) is 18.2 Å². The van der Waals surface area contributed by atoms with E-state index in [1.165, 1.54) is 18.4 Å². The van der Waals surface area contributed by atoms with Crippen molar-refractivity contribution in [1.82, 2.24) is 4.90 Å². The molecule has 0 bridgehead atoms. The molecule has 0 fully saturated rings. The molecule has 29 heavy (non-hydrogen) atoms. The lowest BCUT2D eigenvalue weighted by molar-refractivity contribution is 0.0387. The molecule has 0 aliphatic carbocycles. The van der Waals surface area contributed by atoms with Crippen LogP contribution in [0.15, 0.2) is 76.5 Å². The highest BCUT2D eigenvalue weighted by atomic mass is 35.5. The summed E-state index contributed by atoms with van der Waals surface area (Å²) >= 11 is 6.08. The van der Waals surface area contributed by atoms with Crippen LogP contribution in [0.3, 0.4) is 0 Å². The first-order valence-electron chi connectivity index (χ1n) is 9.14. The molecule has 1 atom stereocenters. The molecule has 2 heterocycles. The fourth-order valence-corrected chi connectivity index (χ4v) is 3.45. The number of hydrogen-bond acceptors (Lipinski definition) is 4. The van der Waals surface area contributed by atoms with Crippen LogP contribution in [0.4, 0.5) is 4.39 Å². The van der Waals surface area contributed by atoms with Crippen LogP contribution in [0.5, 0.6) is 0 Å². The van der Waals surface area contributed by atoms with Gasteiger partial charge in [0.2, 0.25) is 0 Å². The van der Waals surface area contributed by atoms with Crippen LogP contribution >= 0.6 is 11.6 Å². The maximum absolute atomic E-state index is 13.5. The molecule has 0 radical (unpaired) electrons. The topological polar surface area (TPSA) is 55.0 Å². The Morgan fingerprint density at radius 1 is 1.17 bits per heavy atom. The highest BCUT2D eigenvalue weighted by molar-refractivity contribution is 6.30. The van der Waals surface area contributed by atoms with Crippen molar-refractivity contribution >= 4 is 23.2 Å². The SMILES string of the molecule is O=C(c1ccco1)N(Cc1cccc(Cl)c1)CC1CC(c2cccc(F)c2)=NO1. The van der Waals surface area contributed by atoms with Gasteiger partial charge in [0.05, 0.1) is 18.5 Å². The zero-order valence-electron chi connectivity index (χ0n) is 15.4. The third-order valence-corrected chi connectivity index (χ3v) is 4.83. The van der Waals surface area contributed by atoms with Gasteiger partial charge >= 0.3 is 0 Å². The summed E-state index contributed by atoms with van der Waals surface area (Å²) in [5.41, 5.74) is 2.22. The first kappa shape index (κ1) is 19.2. The molecule has 1 amide bonds. The number of amides is 1. The quantitative estimate of drug-likeness (QED) is 0.578. The summed E-state index contributed by atoms with van der Waals surface area (Å²) in [7, 11) is 0. The minimum absolute atomic E-state index is 0.247. The van der Waals surface area contributed by atoms with E-state index >= 15 is 0 Å². The number of rotatable bonds is 6. The summed E-state index contributed by atoms with van der Waals surface area (Å²) in [6.07, 6.45) is 1.59. The van der Waals surface area contributed by atoms with E-state index in [4.69, 9.17) is 20.9 Å². The molecule has 0 spiro atoms. The fourth-order valence-electron chi connectivity index (χ4n) is 3.24. The predicted octanol–water partition coefficient (Wildman–Crippen LogP) is 4.91. The lowest BCUT2D eigenvalue weighted by Gasteiger charge is -2.24. The van der Waals surface area contributed by atoms with E-state index in [1.54, 1.807) is 35.2 Å². The van der Waals surface area contributed by atoms with E-state index in [0.29, 0.717) is 35.8 Å². The Balaban J connectivity index is 1.49. The lowest BCUT2D eigenvalue weighted by Crippen LogP contribution is -2.37. The molecule has 0 saturated heterocycles. The van der Waals surface area contributed by atoms with Crippen molar-refractivity contribution in [2.75, 3.05) is 6.54 Å². The Hall–Kier alpha value is -3.12. The summed E-state index contributed by atoms with van der Waals surface area (Å²) in [5, 5.41) is 4.69. The maximum atomic E-state index is 13.5. The molecule has 0 N–H and O–H groups in total. The van der Waals surface area contributed by atoms with Crippen LogP contribution in [-0.2, 0) is 11.4 Å². The number of carbonyl (C=O) groups excluding carboxylic acids is 1. The van der Waals surface area contributed by atoms with Gasteiger partial charge in [0.25, 0.3) is 5.91 Å². The van der Waals surface area contributed by atoms with Gasteiger partial charge in [-0.3, -0.25) is 4.79 Å². The number of nitrogens with zero attached hydrogens (tertiary/aromatic N) is 2. The molecule has 148 valence electrons. The second-order valence-corrected chi connectivity index (χ2v) is 7.21. The smallest absolute Gasteiger partial charge is 0.289 e. The minimum Gasteiger partial charge on any atom is -0.459 e. The fraction of sp³-hybridized carbons (Fsp3) is 0.182. The minimum atomic E-state index is -0.341. The van der Waals surface area contributed by atoms with Gasteiger partial charge in [-0.25, -0.2) is 4.39 Å². The zero-order chi connectivity index (χ0) is 20.2. The van der Waals surface area contributed by atoms with Crippen LogP contribution in [0.2, 0.25) is 5.02 Å². The van der Waals surface area contributed by atoms with Crippen LogP contribution in [0.25, 0.3) is 0 Å². The number of furan rings is 1. The molecule has 1 aromatic heterocycles. The van der Waals surface area contributed by atoms with Crippen LogP contribution in [-0.4, -0.2) is 29.2 Å². The molecule has 1 aliphatic rings. The van der Waals surface area contributed by atoms with Crippen LogP contribution in [0.1, 0.15) is 28.1 Å². The largest absolute Gasteiger partial charge is 0.459 e. The lowest BCUT2D eigenvalue weighted by atomic mass is 10.0. The van der Waals surface area contributed by atoms with Crippen molar-refractivity contribution in [2.45, 2.75) is 19.1 Å². The summed E-state index contributed by atoms with van der Waals surface area (Å²) in [6, 6.07) is 16.8. The van der Waals surface area contributed by atoms with E-state index in [9.17, 15) is 9.18 Å². The van der Waals surface area contributed by atoms with E-state index in [0.717, 1.165) is 5.56 Å². The Kier molecular flexibility index (Phi) is 5.62. The van der Waals surface area contributed by atoms with Crippen molar-refractivity contribution in [3.05, 3.63) is 94.7 Å². The Morgan fingerprint density at radius 2 is 2.03 bits per heavy atom. The number of halogens is 2. The molecule has 7 heteroatoms. The highest BCUT2D eigenvalue weighted by Crippen LogP contribution is 2.21. The maximum Gasteiger partial charge on any atom is 0.289 e. The van der Waals surface area contributed by atoms with Gasteiger partial charge < -0.3 is 14.2 Å². The molecule has 1 unspecified atom stereocenters. The predicted molar refractivity (Wildman–Crippen MR) is 107 cm³/mol. The number of hydrogen-bond donors (Lipinski definition) is 0. The number of carbonyl (C=O) groups is 1. The van der Waals surface area contributed by atoms with Crippen LogP contribution < -0.4 is 0 Å². The average Bonchev–Trinajstić information content (AvgIpc) is 3.39. The molecule has 4 rings (SSSR count). The van der Waals surface area contributed by atoms with Crippen molar-refractivity contribution < 1.29 is 18.4 Å². The second-order valence-electron chi connectivity index (χ2n) is 6.77. The molecule has 3 aromatic rings. The number of oxime groups is 1. The van der Waals surface area contributed by atoms with Gasteiger partial charge in [-0.15, -0.1) is 0 Å². The summed E-state index contributed by atoms with van der Waals surface area (Å²) < 4.78 is 18.8. The molecular weight excluding hydrogens is 395 g/mol. The third-order valence-electron chi connectivity index (χ3n) is 4.60. The monoisotopic (exact) mass is 412 g/mol. The standard InChI is InChI=1S/C22H18ClFN2O3/c23-17-6-1-4-15(10-17)13-26(22(27)21-8-3-9-28-21)14-19-12-20(25-29-19)16-5-2-7-18(24)11-16/h1-11,19H,12-14H2. The Morgan fingerprint density at radius 3 is 2.79 bits per heavy atom. The molecule has 2 aromatic carbocycles. The van der Waals surface area contributed by atoms with Gasteiger partial charge in [0.1, 0.15) is 5.82 Å². The van der Waals surface area contributed by atoms with Crippen molar-refractivity contribution in [3.8, 4) is 0 Å². The molecular formula is C22H18ClFN2O3. The van der Waals surface area contributed by atoms with Crippen molar-refractivity contribution in [2.24, 2.45) is 5.16 Å². The Bertz CT molecular complexity index is 1040. The third kappa shape index (κ3) is 4.66. The van der Waals surface area contributed by atoms with E-state index in [-0.39, 0.29) is 23.6 Å². The molecule has 0 saturated carbocycles. The van der Waals surface area contributed by atoms with Gasteiger partial charge in [-0.2, -0.15) is 0 Å². The van der Waals surface area contributed by atoms with Crippen molar-refractivity contribution in [3.63, 3.8) is 0 Å². The molecule has 1 aliphatic heterocycles. The highest BCUT2D eigenvalue weighted by Gasteiger charge is 2.28. The van der Waals surface area contributed by atoms with Gasteiger partial charge in [-0.1, -0.05) is 41.0 Å². The summed E-state index contributed by atoms with van der Waals surface area (Å²) in [4.78, 5) is 20.1. The summed E-state index contributed by atoms with van der Waals surface area (Å²) in [5.74, 6) is -0.335. The first-order chi connectivity index (χ1) is 14.1. The summed E-state index contributed by atoms with van der Waals surface area (Å²) in [6.45, 7) is 0.642. The van der Waals surface area contributed by atoms with Crippen LogP contribution in [0, 0.1) is 5.82 Å². The normalized spacial score (nSPS) is 15.7. The Labute approximate surface area is 172 Å². The van der Waals surface area contributed by atoms with E-state index in [2.05, 4.69) is 5.16 Å². The van der Waals surface area contributed by atoms with Gasteiger partial charge in [-0.05, 0) is 42.0 Å². The van der Waals surface area contributed by atoms with Crippen molar-refractivity contribution in [1.29, 1.82) is 0 Å². The van der Waals surface area contributed by atoms with E-state index < -0.39 is 0 Å². The van der Waals surface area contributed by atoms with Gasteiger partial charge in [0.15, 0.2) is 11.9 Å². The average molecular weight is 413 g/mol. The first-order valence-corrected chi connectivity index (χ1v) is 9.52. The zero-order valence-corrected chi connectivity index (χ0v) is 16.2.